The van der Waals surface area contributed by atoms with E-state index in [1.807, 2.05) is 24.3 Å². The Kier molecular flexibility index (Phi) is 4.16. The van der Waals surface area contributed by atoms with Crippen molar-refractivity contribution in [2.75, 3.05) is 26.0 Å². The van der Waals surface area contributed by atoms with Crippen molar-refractivity contribution in [3.8, 4) is 6.07 Å². The van der Waals surface area contributed by atoms with Crippen LogP contribution in [-0.2, 0) is 4.79 Å². The van der Waals surface area contributed by atoms with Crippen LogP contribution in [0.15, 0.2) is 30.3 Å². The summed E-state index contributed by atoms with van der Waals surface area (Å²) in [6.07, 6.45) is 0.367. The fourth-order valence-corrected chi connectivity index (χ4v) is 1.85. The first-order chi connectivity index (χ1) is 9.61. The van der Waals surface area contributed by atoms with Crippen molar-refractivity contribution in [1.29, 1.82) is 5.26 Å². The number of hydrogen-bond donors (Lipinski definition) is 1. The molecule has 1 heterocycles. The Bertz CT molecular complexity index is 673. The number of nitrogens with one attached hydrogen (secondary N) is 1. The first-order valence-corrected chi connectivity index (χ1v) is 6.35. The zero-order chi connectivity index (χ0) is 14.5. The maximum atomic E-state index is 11.5. The maximum absolute atomic E-state index is 11.5. The van der Waals surface area contributed by atoms with Crippen molar-refractivity contribution in [2.45, 2.75) is 6.42 Å². The molecule has 0 saturated carbocycles. The fourth-order valence-electron chi connectivity index (χ4n) is 1.85. The predicted molar refractivity (Wildman–Crippen MR) is 78.3 cm³/mol. The van der Waals surface area contributed by atoms with Gasteiger partial charge in [-0.3, -0.25) is 4.79 Å². The van der Waals surface area contributed by atoms with Gasteiger partial charge >= 0.3 is 0 Å². The number of benzene rings is 1. The molecule has 0 fully saturated rings. The highest BCUT2D eigenvalue weighted by Gasteiger charge is 2.08. The number of para-hydroxylation sites is 1. The smallest absolute Gasteiger partial charge is 0.223 e. The Labute approximate surface area is 117 Å². The van der Waals surface area contributed by atoms with Gasteiger partial charge in [0, 0.05) is 32.4 Å². The van der Waals surface area contributed by atoms with Gasteiger partial charge in [0.05, 0.1) is 11.1 Å². The van der Waals surface area contributed by atoms with Gasteiger partial charge in [-0.05, 0) is 12.1 Å². The van der Waals surface area contributed by atoms with Crippen LogP contribution in [0.5, 0.6) is 0 Å². The van der Waals surface area contributed by atoms with E-state index in [2.05, 4.69) is 16.4 Å². The van der Waals surface area contributed by atoms with Gasteiger partial charge < -0.3 is 10.2 Å². The summed E-state index contributed by atoms with van der Waals surface area (Å²) in [6, 6.07) is 11.6. The lowest BCUT2D eigenvalue weighted by molar-refractivity contribution is -0.128. The Hall–Kier alpha value is -2.61. The average molecular weight is 268 g/mol. The number of fused-ring (bicyclic) bond motifs is 1. The molecule has 20 heavy (non-hydrogen) atoms. The highest BCUT2D eigenvalue weighted by molar-refractivity contribution is 5.83. The monoisotopic (exact) mass is 268 g/mol. The summed E-state index contributed by atoms with van der Waals surface area (Å²) < 4.78 is 0. The molecule has 1 amide bonds. The van der Waals surface area contributed by atoms with Crippen LogP contribution < -0.4 is 5.32 Å². The average Bonchev–Trinajstić information content (AvgIpc) is 2.46. The minimum Gasteiger partial charge on any atom is -0.368 e. The van der Waals surface area contributed by atoms with Crippen molar-refractivity contribution in [3.63, 3.8) is 0 Å². The Morgan fingerprint density at radius 2 is 2.15 bits per heavy atom. The third kappa shape index (κ3) is 3.04. The molecule has 5 nitrogen and oxygen atoms in total. The molecule has 1 aromatic carbocycles. The van der Waals surface area contributed by atoms with E-state index in [1.165, 1.54) is 0 Å². The van der Waals surface area contributed by atoms with Crippen molar-refractivity contribution in [2.24, 2.45) is 0 Å². The fraction of sp³-hybridized carbons (Fsp3) is 0.267. The second kappa shape index (κ2) is 6.02. The Morgan fingerprint density at radius 1 is 1.40 bits per heavy atom. The summed E-state index contributed by atoms with van der Waals surface area (Å²) >= 11 is 0. The number of nitriles is 1. The molecular formula is C15H16N4O. The van der Waals surface area contributed by atoms with Gasteiger partial charge in [-0.15, -0.1) is 0 Å². The Morgan fingerprint density at radius 3 is 2.85 bits per heavy atom. The van der Waals surface area contributed by atoms with Crippen LogP contribution in [0.25, 0.3) is 10.9 Å². The van der Waals surface area contributed by atoms with Gasteiger partial charge in [0.15, 0.2) is 0 Å². The van der Waals surface area contributed by atoms with Crippen LogP contribution in [0.1, 0.15) is 12.0 Å². The minimum absolute atomic E-state index is 0.0387. The normalized spacial score (nSPS) is 10.1. The molecule has 0 aliphatic carbocycles. The summed E-state index contributed by atoms with van der Waals surface area (Å²) in [5.74, 6) is 0.564. The number of pyridine rings is 1. The quantitative estimate of drug-likeness (QED) is 0.920. The van der Waals surface area contributed by atoms with Gasteiger partial charge in [0.25, 0.3) is 0 Å². The van der Waals surface area contributed by atoms with Gasteiger partial charge in [0.2, 0.25) is 5.91 Å². The van der Waals surface area contributed by atoms with Crippen molar-refractivity contribution in [3.05, 3.63) is 35.9 Å². The largest absolute Gasteiger partial charge is 0.368 e. The third-order valence-corrected chi connectivity index (χ3v) is 2.97. The zero-order valence-corrected chi connectivity index (χ0v) is 11.6. The summed E-state index contributed by atoms with van der Waals surface area (Å²) in [5.41, 5.74) is 1.31. The summed E-state index contributed by atoms with van der Waals surface area (Å²) in [6.45, 7) is 0.455. The molecule has 0 radical (unpaired) electrons. The summed E-state index contributed by atoms with van der Waals surface area (Å²) in [5, 5.41) is 13.2. The third-order valence-electron chi connectivity index (χ3n) is 2.97. The molecule has 1 N–H and O–H groups in total. The van der Waals surface area contributed by atoms with Crippen LogP contribution in [-0.4, -0.2) is 36.4 Å². The van der Waals surface area contributed by atoms with Gasteiger partial charge in [-0.1, -0.05) is 18.2 Å². The van der Waals surface area contributed by atoms with Crippen molar-refractivity contribution < 1.29 is 4.79 Å². The summed E-state index contributed by atoms with van der Waals surface area (Å²) in [4.78, 5) is 17.5. The molecule has 0 saturated heterocycles. The van der Waals surface area contributed by atoms with E-state index in [0.717, 1.165) is 10.9 Å². The second-order valence-corrected chi connectivity index (χ2v) is 4.65. The molecule has 5 heteroatoms. The van der Waals surface area contributed by atoms with E-state index in [0.29, 0.717) is 24.3 Å². The molecule has 0 unspecified atom stereocenters. The maximum Gasteiger partial charge on any atom is 0.223 e. The molecule has 2 aromatic rings. The van der Waals surface area contributed by atoms with E-state index in [1.54, 1.807) is 25.1 Å². The second-order valence-electron chi connectivity index (χ2n) is 4.65. The van der Waals surface area contributed by atoms with Crippen LogP contribution in [0.2, 0.25) is 0 Å². The molecule has 0 aliphatic heterocycles. The number of carbonyl (C=O) groups is 1. The lowest BCUT2D eigenvalue weighted by Crippen LogP contribution is -2.24. The van der Waals surface area contributed by atoms with Gasteiger partial charge in [-0.25, -0.2) is 4.98 Å². The first-order valence-electron chi connectivity index (χ1n) is 6.35. The lowest BCUT2D eigenvalue weighted by atomic mass is 10.1. The van der Waals surface area contributed by atoms with E-state index in [9.17, 15) is 4.79 Å². The molecule has 0 spiro atoms. The minimum atomic E-state index is 0.0387. The molecule has 0 aliphatic rings. The highest BCUT2D eigenvalue weighted by atomic mass is 16.2. The highest BCUT2D eigenvalue weighted by Crippen LogP contribution is 2.19. The zero-order valence-electron chi connectivity index (χ0n) is 11.6. The SMILES string of the molecule is CN(C)C(=O)CCNc1nc2ccccc2cc1C#N. The molecule has 0 bridgehead atoms. The molecular weight excluding hydrogens is 252 g/mol. The topological polar surface area (TPSA) is 69.0 Å². The lowest BCUT2D eigenvalue weighted by Gasteiger charge is -2.11. The van der Waals surface area contributed by atoms with E-state index in [4.69, 9.17) is 5.26 Å². The first kappa shape index (κ1) is 13.8. The van der Waals surface area contributed by atoms with Crippen molar-refractivity contribution in [1.82, 2.24) is 9.88 Å². The molecule has 0 atom stereocenters. The number of nitrogens with zero attached hydrogens (tertiary/aromatic N) is 3. The van der Waals surface area contributed by atoms with Crippen LogP contribution in [0, 0.1) is 11.3 Å². The molecule has 102 valence electrons. The number of rotatable bonds is 4. The molecule has 1 aromatic heterocycles. The van der Waals surface area contributed by atoms with Crippen LogP contribution in [0.3, 0.4) is 0 Å². The van der Waals surface area contributed by atoms with E-state index in [-0.39, 0.29) is 5.91 Å². The van der Waals surface area contributed by atoms with Gasteiger partial charge in [-0.2, -0.15) is 5.26 Å². The standard InChI is InChI=1S/C15H16N4O/c1-19(2)14(20)7-8-17-15-12(10-16)9-11-5-3-4-6-13(11)18-15/h3-6,9H,7-8H2,1-2H3,(H,17,18). The number of carbonyl (C=O) groups excluding carboxylic acids is 1. The van der Waals surface area contributed by atoms with Crippen LogP contribution in [0.4, 0.5) is 5.82 Å². The predicted octanol–water partition coefficient (Wildman–Crippen LogP) is 2.00. The Balaban J connectivity index is 2.17. The van der Waals surface area contributed by atoms with Crippen molar-refractivity contribution >= 4 is 22.6 Å². The summed E-state index contributed by atoms with van der Waals surface area (Å²) in [7, 11) is 3.44. The number of aromatic nitrogens is 1. The number of amides is 1. The van der Waals surface area contributed by atoms with Gasteiger partial charge in [0.1, 0.15) is 11.9 Å². The van der Waals surface area contributed by atoms with E-state index < -0.39 is 0 Å². The molecule has 2 rings (SSSR count). The van der Waals surface area contributed by atoms with Crippen LogP contribution >= 0.6 is 0 Å². The number of hydrogen-bond acceptors (Lipinski definition) is 4. The number of anilines is 1. The van der Waals surface area contributed by atoms with E-state index >= 15 is 0 Å².